The molecule has 1 N–H and O–H groups in total. The van der Waals surface area contributed by atoms with Crippen molar-refractivity contribution in [1.82, 2.24) is 9.47 Å². The van der Waals surface area contributed by atoms with Crippen molar-refractivity contribution in [2.24, 2.45) is 0 Å². The van der Waals surface area contributed by atoms with E-state index < -0.39 is 0 Å². The molecule has 2 aromatic heterocycles. The minimum Gasteiger partial charge on any atom is -0.508 e. The third-order valence-corrected chi connectivity index (χ3v) is 6.71. The molecule has 1 aliphatic heterocycles. The van der Waals surface area contributed by atoms with Gasteiger partial charge < -0.3 is 14.6 Å². The average Bonchev–Trinajstić information content (AvgIpc) is 3.32. The lowest BCUT2D eigenvalue weighted by molar-refractivity contribution is 0.0712. The Morgan fingerprint density at radius 1 is 1.14 bits per heavy atom. The second-order valence-corrected chi connectivity index (χ2v) is 8.64. The Bertz CT molecular complexity index is 949. The van der Waals surface area contributed by atoms with E-state index >= 15 is 0 Å². The first-order valence-corrected chi connectivity index (χ1v) is 10.7. The van der Waals surface area contributed by atoms with Crippen molar-refractivity contribution in [3.05, 3.63) is 75.2 Å². The second-order valence-electron chi connectivity index (χ2n) is 7.61. The topological polar surface area (TPSA) is 45.5 Å². The third-order valence-electron chi connectivity index (χ3n) is 5.84. The molecule has 0 saturated carbocycles. The van der Waals surface area contributed by atoms with Crippen molar-refractivity contribution in [2.45, 2.75) is 39.2 Å². The second kappa shape index (κ2) is 7.84. The summed E-state index contributed by atoms with van der Waals surface area (Å²) in [5, 5.41) is 11.6. The van der Waals surface area contributed by atoms with E-state index in [9.17, 15) is 9.90 Å². The monoisotopic (exact) mass is 394 g/mol. The maximum absolute atomic E-state index is 13.2. The van der Waals surface area contributed by atoms with Crippen LogP contribution in [0.15, 0.2) is 47.8 Å². The van der Waals surface area contributed by atoms with Crippen molar-refractivity contribution in [2.75, 3.05) is 13.1 Å². The van der Waals surface area contributed by atoms with Crippen LogP contribution in [0.1, 0.15) is 50.9 Å². The van der Waals surface area contributed by atoms with E-state index in [2.05, 4.69) is 35.9 Å². The van der Waals surface area contributed by atoms with Gasteiger partial charge in [-0.25, -0.2) is 0 Å². The highest BCUT2D eigenvalue weighted by molar-refractivity contribution is 7.09. The van der Waals surface area contributed by atoms with Crippen molar-refractivity contribution >= 4 is 17.2 Å². The van der Waals surface area contributed by atoms with Crippen LogP contribution < -0.4 is 0 Å². The maximum Gasteiger partial charge on any atom is 0.255 e. The first kappa shape index (κ1) is 18.8. The molecule has 1 amide bonds. The van der Waals surface area contributed by atoms with Crippen LogP contribution in [0.5, 0.6) is 5.75 Å². The summed E-state index contributed by atoms with van der Waals surface area (Å²) < 4.78 is 2.24. The van der Waals surface area contributed by atoms with Crippen LogP contribution in [0.3, 0.4) is 0 Å². The normalized spacial score (nSPS) is 15.1. The zero-order valence-corrected chi connectivity index (χ0v) is 17.2. The van der Waals surface area contributed by atoms with Crippen LogP contribution in [0.2, 0.25) is 0 Å². The highest BCUT2D eigenvalue weighted by Gasteiger charge is 2.27. The highest BCUT2D eigenvalue weighted by Crippen LogP contribution is 2.30. The molecule has 4 rings (SSSR count). The minimum atomic E-state index is 0.148. The molecule has 3 aromatic rings. The van der Waals surface area contributed by atoms with E-state index in [1.165, 1.54) is 10.4 Å². The minimum absolute atomic E-state index is 0.148. The highest BCUT2D eigenvalue weighted by atomic mass is 32.1. The average molecular weight is 395 g/mol. The van der Waals surface area contributed by atoms with Crippen molar-refractivity contribution in [3.8, 4) is 5.75 Å². The summed E-state index contributed by atoms with van der Waals surface area (Å²) in [7, 11) is 0. The van der Waals surface area contributed by atoms with Gasteiger partial charge in [0.25, 0.3) is 5.91 Å². The Kier molecular flexibility index (Phi) is 5.27. The Hall–Kier alpha value is -2.53. The van der Waals surface area contributed by atoms with Crippen LogP contribution in [0.25, 0.3) is 0 Å². The zero-order valence-electron chi connectivity index (χ0n) is 16.4. The van der Waals surface area contributed by atoms with E-state index in [1.54, 1.807) is 23.5 Å². The molecule has 0 unspecified atom stereocenters. The fourth-order valence-electron chi connectivity index (χ4n) is 4.15. The number of carbonyl (C=O) groups is 1. The molecule has 1 fully saturated rings. The molecular formula is C23H26N2O2S. The fraction of sp³-hybridized carbons (Fsp3) is 0.348. The number of likely N-dealkylation sites (tertiary alicyclic amines) is 1. The largest absolute Gasteiger partial charge is 0.508 e. The number of aryl methyl sites for hydroxylation is 1. The van der Waals surface area contributed by atoms with Crippen LogP contribution in [0, 0.1) is 13.8 Å². The number of hydrogen-bond acceptors (Lipinski definition) is 3. The number of hydrogen-bond donors (Lipinski definition) is 1. The van der Waals surface area contributed by atoms with E-state index in [4.69, 9.17) is 0 Å². The Morgan fingerprint density at radius 2 is 1.86 bits per heavy atom. The molecule has 1 aliphatic rings. The Balaban J connectivity index is 1.45. The van der Waals surface area contributed by atoms with Crippen LogP contribution in [-0.2, 0) is 6.54 Å². The number of carbonyl (C=O) groups excluding carboxylic acids is 1. The van der Waals surface area contributed by atoms with Gasteiger partial charge in [-0.2, -0.15) is 0 Å². The Morgan fingerprint density at radius 3 is 2.50 bits per heavy atom. The number of phenols is 1. The van der Waals surface area contributed by atoms with Gasteiger partial charge in [0.15, 0.2) is 0 Å². The number of aromatic nitrogens is 1. The standard InChI is InChI=1S/C23H26N2O2S/c1-16-14-22(17(2)25(16)15-21-4-3-13-28-21)23(27)24-11-9-19(10-12-24)18-5-7-20(26)8-6-18/h3-8,13-14,19,26H,9-12,15H2,1-2H3. The molecule has 28 heavy (non-hydrogen) atoms. The molecule has 0 aliphatic carbocycles. The van der Waals surface area contributed by atoms with Gasteiger partial charge in [-0.1, -0.05) is 18.2 Å². The molecule has 1 saturated heterocycles. The fourth-order valence-corrected chi connectivity index (χ4v) is 4.84. The van der Waals surface area contributed by atoms with Gasteiger partial charge in [0.05, 0.1) is 12.1 Å². The quantitative estimate of drug-likeness (QED) is 0.681. The number of phenolic OH excluding ortho intramolecular Hbond substituents is 1. The number of nitrogens with zero attached hydrogens (tertiary/aromatic N) is 2. The lowest BCUT2D eigenvalue weighted by atomic mass is 9.89. The lowest BCUT2D eigenvalue weighted by Crippen LogP contribution is -2.38. The summed E-state index contributed by atoms with van der Waals surface area (Å²) in [5.74, 6) is 0.903. The smallest absolute Gasteiger partial charge is 0.255 e. The number of rotatable bonds is 4. The maximum atomic E-state index is 13.2. The molecule has 4 nitrogen and oxygen atoms in total. The lowest BCUT2D eigenvalue weighted by Gasteiger charge is -2.32. The van der Waals surface area contributed by atoms with Gasteiger partial charge in [0.2, 0.25) is 0 Å². The van der Waals surface area contributed by atoms with E-state index in [-0.39, 0.29) is 5.91 Å². The summed E-state index contributed by atoms with van der Waals surface area (Å²) in [6.07, 6.45) is 1.93. The first-order valence-electron chi connectivity index (χ1n) is 9.80. The van der Waals surface area contributed by atoms with Gasteiger partial charge in [-0.3, -0.25) is 4.79 Å². The summed E-state index contributed by atoms with van der Waals surface area (Å²) in [6, 6.07) is 13.7. The van der Waals surface area contributed by atoms with Gasteiger partial charge in [0, 0.05) is 29.4 Å². The zero-order chi connectivity index (χ0) is 19.7. The number of benzene rings is 1. The molecule has 1 aromatic carbocycles. The molecule has 146 valence electrons. The van der Waals surface area contributed by atoms with Crippen molar-refractivity contribution in [1.29, 1.82) is 0 Å². The summed E-state index contributed by atoms with van der Waals surface area (Å²) in [4.78, 5) is 16.5. The van der Waals surface area contributed by atoms with Crippen LogP contribution >= 0.6 is 11.3 Å². The molecule has 3 heterocycles. The molecular weight excluding hydrogens is 368 g/mol. The summed E-state index contributed by atoms with van der Waals surface area (Å²) in [5.41, 5.74) is 4.26. The van der Waals surface area contributed by atoms with Crippen LogP contribution in [0.4, 0.5) is 0 Å². The van der Waals surface area contributed by atoms with Crippen LogP contribution in [-0.4, -0.2) is 33.6 Å². The summed E-state index contributed by atoms with van der Waals surface area (Å²) >= 11 is 1.75. The Labute approximate surface area is 170 Å². The number of amides is 1. The van der Waals surface area contributed by atoms with Gasteiger partial charge in [-0.05, 0) is 67.8 Å². The number of thiophene rings is 1. The van der Waals surface area contributed by atoms with Crippen molar-refractivity contribution < 1.29 is 9.90 Å². The number of aromatic hydroxyl groups is 1. The number of piperidine rings is 1. The third kappa shape index (κ3) is 3.72. The van der Waals surface area contributed by atoms with Gasteiger partial charge >= 0.3 is 0 Å². The van der Waals surface area contributed by atoms with E-state index in [1.807, 2.05) is 23.1 Å². The summed E-state index contributed by atoms with van der Waals surface area (Å²) in [6.45, 7) is 6.51. The molecule has 0 atom stereocenters. The predicted octanol–water partition coefficient (Wildman–Crippen LogP) is 4.94. The first-order chi connectivity index (χ1) is 13.5. The molecule has 0 bridgehead atoms. The van der Waals surface area contributed by atoms with Gasteiger partial charge in [0.1, 0.15) is 5.75 Å². The van der Waals surface area contributed by atoms with E-state index in [0.29, 0.717) is 11.7 Å². The van der Waals surface area contributed by atoms with Crippen molar-refractivity contribution in [3.63, 3.8) is 0 Å². The SMILES string of the molecule is Cc1cc(C(=O)N2CCC(c3ccc(O)cc3)CC2)c(C)n1Cc1cccs1. The molecule has 0 radical (unpaired) electrons. The van der Waals surface area contributed by atoms with Gasteiger partial charge in [-0.15, -0.1) is 11.3 Å². The van der Waals surface area contributed by atoms with E-state index in [0.717, 1.165) is 49.4 Å². The molecule has 5 heteroatoms. The molecule has 0 spiro atoms. The predicted molar refractivity (Wildman–Crippen MR) is 113 cm³/mol.